The molecule has 0 saturated carbocycles. The monoisotopic (exact) mass is 2280 g/mol. The van der Waals surface area contributed by atoms with Crippen molar-refractivity contribution in [2.24, 2.45) is 0 Å². The SMILES string of the molecule is CC(C)P1(=O)OCC(c2ccccc2)C(c2ccccc2)O1.CC(C)P1(=O)OCCC(c2cccc(Br)c2)O1.CC(C)P1(=O)OCCC(c2cccc(F)c2)O1.CC(C)P1(=O)OCCC(c2ccccc2)O1.CC(C)P1(=O)OCCC(c2ccccc2Br)O1.CC(C)P1(=O)OCCC(c2ccccc2Cl)O1.CC(C)P1(=O)OCCC(c2ccccn2)O1.CC(C)P1(=O)OCCC(c2cncc(Br)c2)O1. The zero-order valence-electron chi connectivity index (χ0n) is 81.5. The molecule has 8 aliphatic rings. The predicted molar refractivity (Wildman–Crippen MR) is 557 cm³/mol. The van der Waals surface area contributed by atoms with E-state index in [1.54, 1.807) is 44.6 Å². The minimum atomic E-state index is -3.06. The molecule has 17 rings (SSSR count). The Morgan fingerprint density at radius 1 is 0.302 bits per heavy atom. The van der Waals surface area contributed by atoms with Crippen LogP contribution in [-0.4, -0.2) is 108 Å². The summed E-state index contributed by atoms with van der Waals surface area (Å²) in [6, 6.07) is 67.1. The van der Waals surface area contributed by atoms with Crippen LogP contribution in [0.25, 0.3) is 0 Å². The lowest BCUT2D eigenvalue weighted by Crippen LogP contribution is -2.26. The maximum atomic E-state index is 13.1. The molecule has 17 unspecified atom stereocenters. The van der Waals surface area contributed by atoms with E-state index < -0.39 is 60.8 Å². The van der Waals surface area contributed by atoms with Gasteiger partial charge in [-0.05, 0) is 104 Å². The molecule has 2 aromatic heterocycles. The summed E-state index contributed by atoms with van der Waals surface area (Å²) >= 11 is 16.4. The van der Waals surface area contributed by atoms with Crippen LogP contribution in [0.2, 0.25) is 5.02 Å². The third kappa shape index (κ3) is 33.6. The summed E-state index contributed by atoms with van der Waals surface area (Å²) in [6.45, 7) is 33.3. The fourth-order valence-electron chi connectivity index (χ4n) is 14.7. The van der Waals surface area contributed by atoms with E-state index >= 15 is 0 Å². The molecule has 10 heterocycles. The second-order valence-electron chi connectivity index (χ2n) is 36.1. The number of pyridine rings is 2. The maximum absolute atomic E-state index is 13.1. The van der Waals surface area contributed by atoms with Crippen LogP contribution in [0.15, 0.2) is 244 Å². The average Bonchev–Trinajstić information content (AvgIpc) is 0.796. The summed E-state index contributed by atoms with van der Waals surface area (Å²) in [5, 5.41) is 0.648. The van der Waals surface area contributed by atoms with E-state index in [2.05, 4.69) is 69.9 Å². The lowest BCUT2D eigenvalue weighted by atomic mass is 9.90. The second-order valence-corrected chi connectivity index (χ2v) is 59.8. The van der Waals surface area contributed by atoms with Gasteiger partial charge in [-0.3, -0.25) is 55.5 Å². The Morgan fingerprint density at radius 3 is 1.03 bits per heavy atom. The molecule has 0 bridgehead atoms. The van der Waals surface area contributed by atoms with E-state index in [4.69, 9.17) is 84.0 Å². The van der Waals surface area contributed by atoms with Gasteiger partial charge >= 0.3 is 60.8 Å². The first kappa shape index (κ1) is 117. The van der Waals surface area contributed by atoms with Crippen molar-refractivity contribution >= 4 is 120 Å². The minimum absolute atomic E-state index is 0.0458. The number of nitrogens with zero attached hydrogens (tertiary/aromatic N) is 2. The van der Waals surface area contributed by atoms with Crippen molar-refractivity contribution in [3.63, 3.8) is 0 Å². The van der Waals surface area contributed by atoms with E-state index in [0.29, 0.717) is 89.1 Å². The molecule has 39 heteroatoms. The van der Waals surface area contributed by atoms with Gasteiger partial charge in [-0.15, -0.1) is 0 Å². The Balaban J connectivity index is 0.000000164. The molecule has 8 saturated heterocycles. The molecular weight excluding hydrogens is 2160 g/mol. The van der Waals surface area contributed by atoms with Gasteiger partial charge in [0.05, 0.1) is 140 Å². The van der Waals surface area contributed by atoms with Crippen LogP contribution in [0.3, 0.4) is 0 Å². The topological polar surface area (TPSA) is 310 Å². The molecular formula is C100H133Br3ClFN2O24P8. The lowest BCUT2D eigenvalue weighted by Gasteiger charge is -2.38. The molecule has 8 fully saturated rings. The maximum Gasteiger partial charge on any atom is 0.333 e. The molecule has 17 atom stereocenters. The Kier molecular flexibility index (Phi) is 45.8. The fraction of sp³-hybridized carbons (Fsp3) is 0.480. The van der Waals surface area contributed by atoms with Gasteiger partial charge < -0.3 is 63.3 Å². The Hall–Kier alpha value is -4.30. The van der Waals surface area contributed by atoms with Gasteiger partial charge in [0.15, 0.2) is 0 Å². The fourth-order valence-corrected chi connectivity index (χ4v) is 28.6. The van der Waals surface area contributed by atoms with Crippen molar-refractivity contribution in [3.05, 3.63) is 305 Å². The zero-order chi connectivity index (χ0) is 101. The third-order valence-corrected chi connectivity index (χ3v) is 44.0. The van der Waals surface area contributed by atoms with Crippen molar-refractivity contribution in [3.8, 4) is 0 Å². The largest absolute Gasteiger partial charge is 0.333 e. The van der Waals surface area contributed by atoms with E-state index in [0.717, 1.165) is 77.3 Å². The van der Waals surface area contributed by atoms with Crippen molar-refractivity contribution in [2.45, 2.75) is 256 Å². The first-order chi connectivity index (χ1) is 65.9. The number of hydrogen-bond acceptors (Lipinski definition) is 26. The standard InChI is InChI=1S/C18H21O3P.2C12H16BrO3P.C12H16ClO3P.C12H16FO3P.C12H17O3P.C11H15BrNO3P.C11H16NO3P/c1-14(2)22(19)20-13-17(15-9-5-3-6-10-15)18(21-22)16-11-7-4-8-12-16;1-9(2)17(14)15-7-6-12(16-17)10-4-3-5-11(13)8-10;2*1-9(2)17(14)15-8-7-12(16-17)10-5-3-4-6-11(10)13;1-9(2)17(14)15-7-6-12(16-17)10-4-3-5-11(13)8-10;1-10(2)16(13)14-9-8-12(15-16)11-6-4-3-5-7-11;1-8(2)17(14)15-4-3-11(16-17)9-5-10(12)7-13-6-9;1-9(2)16(13)14-8-6-11(15-16)10-5-3-4-7-12-10/h3-12,14,17-18H,13H2,1-2H3;3-5,8-9,12H,6-7H2,1-2H3;2*3-6,9,12H,7-8H2,1-2H3;3-5,8-9,12H,6-7H2,1-2H3;3-7,10,12H,8-9H2,1-2H3;5-8,11H,3-4H2,1-2H3;3-5,7,9,11H,6,8H2,1-2H3. The number of halogens is 5. The van der Waals surface area contributed by atoms with E-state index in [1.807, 2.05) is 273 Å². The summed E-state index contributed by atoms with van der Waals surface area (Å²) in [7, 11) is -23.8. The Labute approximate surface area is 850 Å². The third-order valence-electron chi connectivity index (χ3n) is 23.2. The lowest BCUT2D eigenvalue weighted by molar-refractivity contribution is 0.0558. The summed E-state index contributed by atoms with van der Waals surface area (Å²) in [4.78, 5) is 8.32. The van der Waals surface area contributed by atoms with Crippen molar-refractivity contribution in [1.29, 1.82) is 0 Å². The van der Waals surface area contributed by atoms with Crippen LogP contribution in [0.4, 0.5) is 4.39 Å². The Morgan fingerprint density at radius 2 is 0.626 bits per heavy atom. The normalized spacial score (nSPS) is 29.6. The highest BCUT2D eigenvalue weighted by molar-refractivity contribution is 9.11. The van der Waals surface area contributed by atoms with E-state index in [-0.39, 0.29) is 106 Å². The smallest absolute Gasteiger partial charge is 0.308 e. The Bertz CT molecular complexity index is 5400. The highest BCUT2D eigenvalue weighted by Gasteiger charge is 2.47. The van der Waals surface area contributed by atoms with Gasteiger partial charge in [-0.25, -0.2) is 4.39 Å². The zero-order valence-corrected chi connectivity index (χ0v) is 94.2. The molecule has 139 heavy (non-hydrogen) atoms. The predicted octanol–water partition coefficient (Wildman–Crippen LogP) is 33.4. The molecule has 0 amide bonds. The van der Waals surface area contributed by atoms with Crippen LogP contribution in [-0.2, 0) is 109 Å². The van der Waals surface area contributed by atoms with Crippen molar-refractivity contribution < 1.29 is 113 Å². The average molecular weight is 2290 g/mol. The van der Waals surface area contributed by atoms with Crippen LogP contribution in [0, 0.1) is 5.82 Å². The molecule has 0 spiro atoms. The number of benzene rings is 7. The van der Waals surface area contributed by atoms with E-state index in [1.165, 1.54) is 12.1 Å². The number of rotatable bonds is 17. The van der Waals surface area contributed by atoms with Gasteiger partial charge in [-0.1, -0.05) is 312 Å². The highest BCUT2D eigenvalue weighted by atomic mass is 79.9. The second kappa shape index (κ2) is 54.6. The van der Waals surface area contributed by atoms with Gasteiger partial charge in [0.25, 0.3) is 0 Å². The summed E-state index contributed by atoms with van der Waals surface area (Å²) in [6.07, 6.45) is 8.51. The molecule has 0 radical (unpaired) electrons. The summed E-state index contributed by atoms with van der Waals surface area (Å²) in [5.41, 5.74) is 7.73. The molecule has 0 aliphatic carbocycles. The van der Waals surface area contributed by atoms with Gasteiger partial charge in [0, 0.05) is 99.0 Å². The van der Waals surface area contributed by atoms with Crippen LogP contribution < -0.4 is 0 Å². The minimum Gasteiger partial charge on any atom is -0.308 e. The van der Waals surface area contributed by atoms with Gasteiger partial charge in [0.2, 0.25) is 0 Å². The molecule has 26 nitrogen and oxygen atoms in total. The van der Waals surface area contributed by atoms with Crippen LogP contribution >= 0.6 is 120 Å². The van der Waals surface area contributed by atoms with Crippen LogP contribution in [0.5, 0.6) is 0 Å². The van der Waals surface area contributed by atoms with Gasteiger partial charge in [0.1, 0.15) is 18.0 Å². The van der Waals surface area contributed by atoms with Crippen molar-refractivity contribution in [1.82, 2.24) is 9.97 Å². The first-order valence-corrected chi connectivity index (χ1v) is 62.6. The van der Waals surface area contributed by atoms with Gasteiger partial charge in [-0.2, -0.15) is 0 Å². The molecule has 7 aromatic carbocycles. The highest BCUT2D eigenvalue weighted by Crippen LogP contribution is 2.67. The van der Waals surface area contributed by atoms with E-state index in [9.17, 15) is 40.9 Å². The summed E-state index contributed by atoms with van der Waals surface area (Å²) in [5.74, 6) is -0.263. The molecule has 8 aliphatic heterocycles. The quantitative estimate of drug-likeness (QED) is 0.0765. The van der Waals surface area contributed by atoms with Crippen LogP contribution in [0.1, 0.15) is 261 Å². The number of hydrogen-bond donors (Lipinski definition) is 0. The summed E-state index contributed by atoms with van der Waals surface area (Å²) < 4.78 is 203. The molecule has 0 N–H and O–H groups in total. The molecule has 762 valence electrons. The molecule has 9 aromatic rings. The number of aromatic nitrogens is 2. The van der Waals surface area contributed by atoms with Crippen molar-refractivity contribution in [2.75, 3.05) is 52.9 Å². The first-order valence-electron chi connectivity index (χ1n) is 47.0.